The Morgan fingerprint density at radius 1 is 1.08 bits per heavy atom. The van der Waals surface area contributed by atoms with E-state index in [1.165, 1.54) is 11.1 Å². The molecule has 0 spiro atoms. The second kappa shape index (κ2) is 9.65. The van der Waals surface area contributed by atoms with Crippen molar-refractivity contribution in [1.29, 1.82) is 0 Å². The summed E-state index contributed by atoms with van der Waals surface area (Å²) >= 11 is 0. The minimum Gasteiger partial charge on any atom is -0.374 e. The number of nitrogens with zero attached hydrogens (tertiary/aromatic N) is 3. The molecule has 4 nitrogen and oxygen atoms in total. The van der Waals surface area contributed by atoms with Gasteiger partial charge in [-0.2, -0.15) is 0 Å². The van der Waals surface area contributed by atoms with Crippen molar-refractivity contribution in [3.63, 3.8) is 0 Å². The van der Waals surface area contributed by atoms with Crippen LogP contribution < -0.4 is 0 Å². The summed E-state index contributed by atoms with van der Waals surface area (Å²) in [6, 6.07) is 11.2. The molecule has 0 N–H and O–H groups in total. The van der Waals surface area contributed by atoms with Gasteiger partial charge in [0.2, 0.25) is 0 Å². The quantitative estimate of drug-likeness (QED) is 0.779. The first kappa shape index (κ1) is 19.6. The summed E-state index contributed by atoms with van der Waals surface area (Å²) in [7, 11) is 0. The van der Waals surface area contributed by atoms with E-state index >= 15 is 0 Å². The van der Waals surface area contributed by atoms with Gasteiger partial charge in [-0.15, -0.1) is 0 Å². The summed E-state index contributed by atoms with van der Waals surface area (Å²) in [5.41, 5.74) is 2.74. The highest BCUT2D eigenvalue weighted by atomic mass is 16.5. The van der Waals surface area contributed by atoms with Crippen molar-refractivity contribution in [2.75, 3.05) is 59.0 Å². The Labute approximate surface area is 159 Å². The Morgan fingerprint density at radius 2 is 1.77 bits per heavy atom. The van der Waals surface area contributed by atoms with Gasteiger partial charge in [0.05, 0.1) is 12.7 Å². The van der Waals surface area contributed by atoms with Crippen LogP contribution >= 0.6 is 0 Å². The highest BCUT2D eigenvalue weighted by Crippen LogP contribution is 2.13. The maximum Gasteiger partial charge on any atom is 0.0829 e. The maximum absolute atomic E-state index is 6.01. The van der Waals surface area contributed by atoms with E-state index < -0.39 is 0 Å². The van der Waals surface area contributed by atoms with Crippen LogP contribution in [0.2, 0.25) is 0 Å². The highest BCUT2D eigenvalue weighted by Gasteiger charge is 2.25. The van der Waals surface area contributed by atoms with E-state index in [0.29, 0.717) is 12.1 Å². The Bertz CT molecular complexity index is 564. The molecule has 0 amide bonds. The van der Waals surface area contributed by atoms with Crippen LogP contribution in [0.5, 0.6) is 0 Å². The lowest BCUT2D eigenvalue weighted by molar-refractivity contribution is -0.0561. The van der Waals surface area contributed by atoms with Crippen LogP contribution in [0.1, 0.15) is 26.3 Å². The number of benzene rings is 1. The van der Waals surface area contributed by atoms with Crippen molar-refractivity contribution >= 4 is 6.08 Å². The molecule has 0 saturated carbocycles. The highest BCUT2D eigenvalue weighted by molar-refractivity contribution is 5.52. The Hall–Kier alpha value is -1.20. The van der Waals surface area contributed by atoms with E-state index in [-0.39, 0.29) is 0 Å². The zero-order valence-corrected chi connectivity index (χ0v) is 16.7. The molecule has 2 aliphatic heterocycles. The molecule has 0 bridgehead atoms. The fraction of sp³-hybridized carbons (Fsp3) is 0.636. The molecule has 1 aromatic carbocycles. The third kappa shape index (κ3) is 5.92. The molecule has 0 aromatic heterocycles. The summed E-state index contributed by atoms with van der Waals surface area (Å²) in [5, 5.41) is 0. The van der Waals surface area contributed by atoms with Gasteiger partial charge in [-0.1, -0.05) is 42.0 Å². The molecular formula is C22H35N3O. The second-order valence-electron chi connectivity index (χ2n) is 8.06. The van der Waals surface area contributed by atoms with Crippen molar-refractivity contribution in [2.24, 2.45) is 0 Å². The summed E-state index contributed by atoms with van der Waals surface area (Å²) in [6.45, 7) is 16.6. The molecule has 0 aliphatic carbocycles. The van der Waals surface area contributed by atoms with Crippen LogP contribution in [0.15, 0.2) is 35.9 Å². The first-order chi connectivity index (χ1) is 12.6. The van der Waals surface area contributed by atoms with E-state index in [9.17, 15) is 0 Å². The first-order valence-electron chi connectivity index (χ1n) is 10.1. The molecule has 26 heavy (non-hydrogen) atoms. The van der Waals surface area contributed by atoms with E-state index in [0.717, 1.165) is 59.0 Å². The van der Waals surface area contributed by atoms with Gasteiger partial charge in [-0.05, 0) is 26.3 Å². The molecule has 2 fully saturated rings. The second-order valence-corrected chi connectivity index (χ2v) is 8.06. The number of hydrogen-bond acceptors (Lipinski definition) is 4. The average Bonchev–Trinajstić information content (AvgIpc) is 2.64. The average molecular weight is 358 g/mol. The molecule has 0 radical (unpaired) electrons. The van der Waals surface area contributed by atoms with E-state index in [1.54, 1.807) is 0 Å². The molecule has 4 heteroatoms. The summed E-state index contributed by atoms with van der Waals surface area (Å²) in [4.78, 5) is 7.71. The van der Waals surface area contributed by atoms with Gasteiger partial charge in [0.15, 0.2) is 0 Å². The minimum atomic E-state index is 0.373. The fourth-order valence-electron chi connectivity index (χ4n) is 3.97. The summed E-state index contributed by atoms with van der Waals surface area (Å²) in [5.74, 6) is 0. The Morgan fingerprint density at radius 3 is 2.46 bits per heavy atom. The topological polar surface area (TPSA) is 19.0 Å². The first-order valence-corrected chi connectivity index (χ1v) is 10.1. The van der Waals surface area contributed by atoms with Gasteiger partial charge < -0.3 is 4.74 Å². The lowest BCUT2D eigenvalue weighted by atomic mass is 10.1. The van der Waals surface area contributed by atoms with Gasteiger partial charge in [0, 0.05) is 58.4 Å². The molecule has 1 atom stereocenters. The van der Waals surface area contributed by atoms with Crippen LogP contribution in [0, 0.1) is 0 Å². The number of piperazine rings is 1. The molecule has 3 rings (SSSR count). The molecular weight excluding hydrogens is 322 g/mol. The fourth-order valence-corrected chi connectivity index (χ4v) is 3.97. The van der Waals surface area contributed by atoms with Crippen LogP contribution in [-0.4, -0.2) is 85.8 Å². The molecule has 1 unspecified atom stereocenters. The van der Waals surface area contributed by atoms with Crippen LogP contribution in [-0.2, 0) is 4.74 Å². The Balaban J connectivity index is 1.41. The van der Waals surface area contributed by atoms with Gasteiger partial charge in [-0.25, -0.2) is 0 Å². The number of hydrogen-bond donors (Lipinski definition) is 0. The Kier molecular flexibility index (Phi) is 7.26. The third-order valence-electron chi connectivity index (χ3n) is 5.51. The van der Waals surface area contributed by atoms with Crippen molar-refractivity contribution in [1.82, 2.24) is 14.7 Å². The smallest absolute Gasteiger partial charge is 0.0829 e. The van der Waals surface area contributed by atoms with Crippen molar-refractivity contribution in [3.8, 4) is 0 Å². The van der Waals surface area contributed by atoms with Gasteiger partial charge in [0.25, 0.3) is 0 Å². The number of morpholine rings is 1. The zero-order chi connectivity index (χ0) is 18.4. The molecule has 2 heterocycles. The number of ether oxygens (including phenoxy) is 1. The molecule has 144 valence electrons. The molecule has 2 saturated heterocycles. The summed E-state index contributed by atoms with van der Waals surface area (Å²) in [6.07, 6.45) is 2.68. The van der Waals surface area contributed by atoms with Crippen LogP contribution in [0.25, 0.3) is 6.08 Å². The third-order valence-corrected chi connectivity index (χ3v) is 5.51. The normalized spacial score (nSPS) is 24.3. The lowest BCUT2D eigenvalue weighted by Gasteiger charge is -2.40. The van der Waals surface area contributed by atoms with Crippen molar-refractivity contribution < 1.29 is 4.74 Å². The minimum absolute atomic E-state index is 0.373. The molecule has 2 aliphatic rings. The van der Waals surface area contributed by atoms with E-state index in [1.807, 2.05) is 0 Å². The van der Waals surface area contributed by atoms with Gasteiger partial charge in [-0.3, -0.25) is 14.7 Å². The predicted molar refractivity (Wildman–Crippen MR) is 109 cm³/mol. The van der Waals surface area contributed by atoms with Crippen molar-refractivity contribution in [3.05, 3.63) is 41.5 Å². The molecule has 1 aromatic rings. The van der Waals surface area contributed by atoms with Crippen molar-refractivity contribution in [2.45, 2.75) is 32.9 Å². The van der Waals surface area contributed by atoms with E-state index in [2.05, 4.69) is 71.9 Å². The monoisotopic (exact) mass is 357 g/mol. The van der Waals surface area contributed by atoms with Crippen LogP contribution in [0.4, 0.5) is 0 Å². The zero-order valence-electron chi connectivity index (χ0n) is 16.7. The summed E-state index contributed by atoms with van der Waals surface area (Å²) < 4.78 is 6.01. The van der Waals surface area contributed by atoms with Gasteiger partial charge in [0.1, 0.15) is 0 Å². The lowest BCUT2D eigenvalue weighted by Crippen LogP contribution is -2.53. The standard InChI is InChI=1S/C22H35N3O/c1-19(2)25-13-14-26-22(18-25)17-24-11-9-23(10-12-24)16-20(3)15-21-7-5-4-6-8-21/h4-8,15,19,22H,9-14,16-18H2,1-3H3/b20-15+. The number of rotatable bonds is 6. The predicted octanol–water partition coefficient (Wildman–Crippen LogP) is 2.82. The van der Waals surface area contributed by atoms with Gasteiger partial charge >= 0.3 is 0 Å². The van der Waals surface area contributed by atoms with Crippen LogP contribution in [0.3, 0.4) is 0 Å². The largest absolute Gasteiger partial charge is 0.374 e. The van der Waals surface area contributed by atoms with E-state index in [4.69, 9.17) is 4.74 Å². The SMILES string of the molecule is C/C(=C\c1ccccc1)CN1CCN(CC2CN(C(C)C)CCO2)CC1. The maximum atomic E-state index is 6.01.